The Hall–Kier alpha value is -1.42. The molecule has 1 saturated carbocycles. The molecule has 0 aliphatic heterocycles. The monoisotopic (exact) mass is 408 g/mol. The first-order valence-corrected chi connectivity index (χ1v) is 9.81. The predicted octanol–water partition coefficient (Wildman–Crippen LogP) is 2.66. The van der Waals surface area contributed by atoms with E-state index < -0.39 is 0 Å². The molecule has 0 amide bonds. The van der Waals surface area contributed by atoms with Crippen LogP contribution in [0.3, 0.4) is 0 Å². The second-order valence-electron chi connectivity index (χ2n) is 7.10. The maximum atomic E-state index is 6.49. The molecule has 3 nitrogen and oxygen atoms in total. The lowest BCUT2D eigenvalue weighted by Gasteiger charge is -2.23. The third kappa shape index (κ3) is 6.31. The topological polar surface area (TPSA) is 30.5 Å². The standard InChI is InChI=1S/C22H28ClNO2.ClH/c1-16-8-10-17(11-9-16)15-26-22-20(23)12-18(13-21(22)25-2)14-24-19-6-4-3-5-7-19;/h8-13,19,24H,3-7,14-15H2,1-2H3;1H/p-1. The first kappa shape index (κ1) is 21.9. The third-order valence-electron chi connectivity index (χ3n) is 4.99. The van der Waals surface area contributed by atoms with E-state index in [2.05, 4.69) is 36.5 Å². The Bertz CT molecular complexity index is 713. The number of ether oxygens (including phenoxy) is 2. The summed E-state index contributed by atoms with van der Waals surface area (Å²) in [5, 5.41) is 4.24. The molecule has 1 fully saturated rings. The fraction of sp³-hybridized carbons (Fsp3) is 0.455. The molecule has 0 saturated heterocycles. The smallest absolute Gasteiger partial charge is 0.180 e. The number of hydrogen-bond acceptors (Lipinski definition) is 3. The van der Waals surface area contributed by atoms with E-state index in [4.69, 9.17) is 21.1 Å². The summed E-state index contributed by atoms with van der Waals surface area (Å²) in [7, 11) is 1.66. The molecule has 0 aromatic heterocycles. The Morgan fingerprint density at radius 1 is 1.04 bits per heavy atom. The number of halogens is 2. The van der Waals surface area contributed by atoms with Gasteiger partial charge in [0.2, 0.25) is 0 Å². The Labute approximate surface area is 173 Å². The van der Waals surface area contributed by atoms with Gasteiger partial charge in [-0.2, -0.15) is 0 Å². The molecule has 1 aliphatic carbocycles. The van der Waals surface area contributed by atoms with E-state index in [1.54, 1.807) is 7.11 Å². The zero-order valence-electron chi connectivity index (χ0n) is 16.1. The number of benzene rings is 2. The van der Waals surface area contributed by atoms with E-state index in [9.17, 15) is 0 Å². The van der Waals surface area contributed by atoms with E-state index >= 15 is 0 Å². The molecule has 3 rings (SSSR count). The van der Waals surface area contributed by atoms with Crippen LogP contribution in [0.15, 0.2) is 36.4 Å². The first-order valence-electron chi connectivity index (χ1n) is 9.44. The van der Waals surface area contributed by atoms with Crippen LogP contribution in [0.25, 0.3) is 0 Å². The number of nitrogens with one attached hydrogen (secondary N) is 1. The van der Waals surface area contributed by atoms with Crippen molar-refractivity contribution in [2.75, 3.05) is 7.11 Å². The Morgan fingerprint density at radius 2 is 1.74 bits per heavy atom. The molecular formula is C22H28Cl2NO2-. The third-order valence-corrected chi connectivity index (χ3v) is 5.27. The van der Waals surface area contributed by atoms with Crippen molar-refractivity contribution in [3.05, 3.63) is 58.1 Å². The van der Waals surface area contributed by atoms with Crippen molar-refractivity contribution < 1.29 is 21.9 Å². The van der Waals surface area contributed by atoms with Gasteiger partial charge in [-0.1, -0.05) is 60.7 Å². The molecular weight excluding hydrogens is 381 g/mol. The van der Waals surface area contributed by atoms with Crippen molar-refractivity contribution in [3.8, 4) is 11.5 Å². The minimum Gasteiger partial charge on any atom is -1.00 e. The van der Waals surface area contributed by atoms with E-state index in [0.29, 0.717) is 29.2 Å². The van der Waals surface area contributed by atoms with Gasteiger partial charge in [0.15, 0.2) is 11.5 Å². The second-order valence-corrected chi connectivity index (χ2v) is 7.51. The van der Waals surface area contributed by atoms with Gasteiger partial charge >= 0.3 is 0 Å². The fourth-order valence-corrected chi connectivity index (χ4v) is 3.71. The highest BCUT2D eigenvalue weighted by molar-refractivity contribution is 6.32. The minimum absolute atomic E-state index is 0. The van der Waals surface area contributed by atoms with Crippen molar-refractivity contribution in [3.63, 3.8) is 0 Å². The van der Waals surface area contributed by atoms with Crippen LogP contribution in [0, 0.1) is 6.92 Å². The van der Waals surface area contributed by atoms with Gasteiger partial charge in [-0.25, -0.2) is 0 Å². The van der Waals surface area contributed by atoms with E-state index in [0.717, 1.165) is 17.7 Å². The molecule has 2 aromatic rings. The molecule has 5 heteroatoms. The SMILES string of the molecule is COc1cc(CNC2CCCCC2)cc(Cl)c1OCc1ccc(C)cc1.[Cl-]. The highest BCUT2D eigenvalue weighted by Gasteiger charge is 2.15. The van der Waals surface area contributed by atoms with Gasteiger partial charge in [0.1, 0.15) is 6.61 Å². The summed E-state index contributed by atoms with van der Waals surface area (Å²) in [6, 6.07) is 12.9. The van der Waals surface area contributed by atoms with Gasteiger partial charge in [-0.3, -0.25) is 0 Å². The maximum Gasteiger partial charge on any atom is 0.180 e. The van der Waals surface area contributed by atoms with Crippen molar-refractivity contribution in [1.82, 2.24) is 5.32 Å². The number of hydrogen-bond donors (Lipinski definition) is 1. The van der Waals surface area contributed by atoms with Gasteiger partial charge in [0.05, 0.1) is 12.1 Å². The van der Waals surface area contributed by atoms with Crippen molar-refractivity contribution in [2.45, 2.75) is 58.2 Å². The first-order chi connectivity index (χ1) is 12.7. The highest BCUT2D eigenvalue weighted by Crippen LogP contribution is 2.37. The lowest BCUT2D eigenvalue weighted by atomic mass is 9.95. The molecule has 0 bridgehead atoms. The number of rotatable bonds is 7. The van der Waals surface area contributed by atoms with Crippen LogP contribution in [0.4, 0.5) is 0 Å². The Balaban J connectivity index is 0.00000261. The van der Waals surface area contributed by atoms with Crippen LogP contribution in [-0.4, -0.2) is 13.2 Å². The molecule has 0 unspecified atom stereocenters. The quantitative estimate of drug-likeness (QED) is 0.763. The maximum absolute atomic E-state index is 6.49. The van der Waals surface area contributed by atoms with E-state index in [1.165, 1.54) is 37.7 Å². The van der Waals surface area contributed by atoms with Gasteiger partial charge < -0.3 is 27.2 Å². The summed E-state index contributed by atoms with van der Waals surface area (Å²) in [5.74, 6) is 1.29. The summed E-state index contributed by atoms with van der Waals surface area (Å²) in [6.45, 7) is 3.35. The molecule has 148 valence electrons. The normalized spacial score (nSPS) is 14.5. The summed E-state index contributed by atoms with van der Waals surface area (Å²) in [5.41, 5.74) is 3.47. The fourth-order valence-electron chi connectivity index (χ4n) is 3.42. The zero-order valence-corrected chi connectivity index (χ0v) is 17.6. The van der Waals surface area contributed by atoms with Crippen LogP contribution in [-0.2, 0) is 13.2 Å². The molecule has 0 atom stereocenters. The molecule has 1 aliphatic rings. The highest BCUT2D eigenvalue weighted by atomic mass is 35.5. The Morgan fingerprint density at radius 3 is 2.41 bits per heavy atom. The van der Waals surface area contributed by atoms with Gasteiger partial charge in [0.25, 0.3) is 0 Å². The average molecular weight is 409 g/mol. The van der Waals surface area contributed by atoms with Crippen LogP contribution < -0.4 is 27.2 Å². The zero-order chi connectivity index (χ0) is 18.4. The lowest BCUT2D eigenvalue weighted by molar-refractivity contribution is -0.00000594. The summed E-state index contributed by atoms with van der Waals surface area (Å²) < 4.78 is 11.5. The molecule has 2 aromatic carbocycles. The van der Waals surface area contributed by atoms with Crippen molar-refractivity contribution in [2.24, 2.45) is 0 Å². The van der Waals surface area contributed by atoms with E-state index in [1.807, 2.05) is 12.1 Å². The number of aryl methyl sites for hydroxylation is 1. The van der Waals surface area contributed by atoms with Gasteiger partial charge in [0, 0.05) is 12.6 Å². The van der Waals surface area contributed by atoms with E-state index in [-0.39, 0.29) is 12.4 Å². The predicted molar refractivity (Wildman–Crippen MR) is 107 cm³/mol. The lowest BCUT2D eigenvalue weighted by Crippen LogP contribution is -3.00. The average Bonchev–Trinajstić information content (AvgIpc) is 2.67. The van der Waals surface area contributed by atoms with Crippen molar-refractivity contribution >= 4 is 11.6 Å². The summed E-state index contributed by atoms with van der Waals surface area (Å²) >= 11 is 6.49. The van der Waals surface area contributed by atoms with Gasteiger partial charge in [-0.15, -0.1) is 0 Å². The van der Waals surface area contributed by atoms with Crippen molar-refractivity contribution in [1.29, 1.82) is 0 Å². The van der Waals surface area contributed by atoms with Crippen LogP contribution in [0.1, 0.15) is 48.8 Å². The van der Waals surface area contributed by atoms with Crippen LogP contribution in [0.5, 0.6) is 11.5 Å². The van der Waals surface area contributed by atoms with Gasteiger partial charge in [-0.05, 0) is 43.0 Å². The molecule has 0 heterocycles. The van der Waals surface area contributed by atoms with Crippen LogP contribution in [0.2, 0.25) is 5.02 Å². The van der Waals surface area contributed by atoms with Crippen LogP contribution >= 0.6 is 11.6 Å². The second kappa shape index (κ2) is 10.8. The molecule has 27 heavy (non-hydrogen) atoms. The molecule has 0 spiro atoms. The molecule has 1 N–H and O–H groups in total. The molecule has 0 radical (unpaired) electrons. The number of methoxy groups -OCH3 is 1. The minimum atomic E-state index is 0. The Kier molecular flexibility index (Phi) is 8.75. The summed E-state index contributed by atoms with van der Waals surface area (Å²) in [6.07, 6.45) is 6.55. The summed E-state index contributed by atoms with van der Waals surface area (Å²) in [4.78, 5) is 0. The largest absolute Gasteiger partial charge is 1.00 e.